The summed E-state index contributed by atoms with van der Waals surface area (Å²) in [4.78, 5) is 16.8. The second-order valence-electron chi connectivity index (χ2n) is 6.72. The van der Waals surface area contributed by atoms with Gasteiger partial charge in [-0.2, -0.15) is 0 Å². The van der Waals surface area contributed by atoms with Crippen LogP contribution in [0, 0.1) is 0 Å². The number of morpholine rings is 1. The van der Waals surface area contributed by atoms with Crippen molar-refractivity contribution in [3.05, 3.63) is 65.7 Å². The predicted molar refractivity (Wildman–Crippen MR) is 104 cm³/mol. The highest BCUT2D eigenvalue weighted by atomic mass is 16.5. The van der Waals surface area contributed by atoms with Crippen molar-refractivity contribution in [2.24, 2.45) is 5.73 Å². The molecule has 0 aromatic heterocycles. The van der Waals surface area contributed by atoms with E-state index in [0.717, 1.165) is 37.4 Å². The van der Waals surface area contributed by atoms with Crippen molar-refractivity contribution < 1.29 is 9.53 Å². The minimum atomic E-state index is -0.530. The number of carbonyl (C=O) groups is 1. The van der Waals surface area contributed by atoms with Gasteiger partial charge in [-0.25, -0.2) is 0 Å². The Hall–Kier alpha value is -2.37. The largest absolute Gasteiger partial charge is 0.378 e. The second-order valence-corrected chi connectivity index (χ2v) is 6.72. The first-order chi connectivity index (χ1) is 12.6. The van der Waals surface area contributed by atoms with Crippen LogP contribution in [-0.2, 0) is 22.5 Å². The molecule has 0 bridgehead atoms. The van der Waals surface area contributed by atoms with Crippen LogP contribution < -0.4 is 10.6 Å². The van der Waals surface area contributed by atoms with Gasteiger partial charge in [0.25, 0.3) is 0 Å². The topological polar surface area (TPSA) is 58.8 Å². The fourth-order valence-corrected chi connectivity index (χ4v) is 3.33. The van der Waals surface area contributed by atoms with Crippen molar-refractivity contribution in [1.82, 2.24) is 4.90 Å². The lowest BCUT2D eigenvalue weighted by atomic mass is 10.1. The molecule has 1 fully saturated rings. The van der Waals surface area contributed by atoms with Gasteiger partial charge in [0, 0.05) is 32.4 Å². The van der Waals surface area contributed by atoms with E-state index < -0.39 is 6.04 Å². The van der Waals surface area contributed by atoms with E-state index in [1.807, 2.05) is 49.5 Å². The van der Waals surface area contributed by atoms with E-state index in [1.165, 1.54) is 5.69 Å². The summed E-state index contributed by atoms with van der Waals surface area (Å²) in [5.74, 6) is -0.0365. The van der Waals surface area contributed by atoms with Crippen molar-refractivity contribution in [2.75, 3.05) is 38.3 Å². The molecule has 0 spiro atoms. The monoisotopic (exact) mass is 353 g/mol. The van der Waals surface area contributed by atoms with Crippen LogP contribution in [0.4, 0.5) is 5.69 Å². The maximum Gasteiger partial charge on any atom is 0.239 e. The molecule has 5 nitrogen and oxygen atoms in total. The minimum absolute atomic E-state index is 0.0365. The number of nitrogens with zero attached hydrogens (tertiary/aromatic N) is 2. The summed E-state index contributed by atoms with van der Waals surface area (Å²) in [6, 6.07) is 17.6. The number of para-hydroxylation sites is 1. The molecular formula is C21H27N3O2. The molecule has 1 heterocycles. The molecule has 3 rings (SSSR count). The summed E-state index contributed by atoms with van der Waals surface area (Å²) < 4.78 is 5.45. The summed E-state index contributed by atoms with van der Waals surface area (Å²) in [6.45, 7) is 3.79. The maximum absolute atomic E-state index is 12.7. The van der Waals surface area contributed by atoms with Crippen LogP contribution in [-0.4, -0.2) is 50.2 Å². The van der Waals surface area contributed by atoms with E-state index in [2.05, 4.69) is 17.0 Å². The number of hydrogen-bond acceptors (Lipinski definition) is 4. The first-order valence-electron chi connectivity index (χ1n) is 9.10. The molecule has 2 aromatic rings. The Labute approximate surface area is 155 Å². The molecule has 0 radical (unpaired) electrons. The van der Waals surface area contributed by atoms with Gasteiger partial charge in [-0.05, 0) is 23.6 Å². The van der Waals surface area contributed by atoms with E-state index in [-0.39, 0.29) is 5.91 Å². The molecule has 1 aliphatic heterocycles. The van der Waals surface area contributed by atoms with E-state index >= 15 is 0 Å². The van der Waals surface area contributed by atoms with Gasteiger partial charge in [0.15, 0.2) is 0 Å². The normalized spacial score (nSPS) is 15.5. The van der Waals surface area contributed by atoms with Crippen LogP contribution in [0.2, 0.25) is 0 Å². The number of ether oxygens (including phenoxy) is 1. The molecule has 2 N–H and O–H groups in total. The SMILES string of the molecule is CN(Cc1ccccc1N1CCOCC1)C(=O)C(N)Cc1ccccc1. The van der Waals surface area contributed by atoms with Crippen molar-refractivity contribution in [3.63, 3.8) is 0 Å². The van der Waals surface area contributed by atoms with E-state index in [4.69, 9.17) is 10.5 Å². The third-order valence-corrected chi connectivity index (χ3v) is 4.74. The lowest BCUT2D eigenvalue weighted by molar-refractivity contribution is -0.131. The maximum atomic E-state index is 12.7. The molecule has 2 aromatic carbocycles. The molecule has 26 heavy (non-hydrogen) atoms. The highest BCUT2D eigenvalue weighted by Gasteiger charge is 2.21. The van der Waals surface area contributed by atoms with Crippen molar-refractivity contribution >= 4 is 11.6 Å². The van der Waals surface area contributed by atoms with Crippen LogP contribution in [0.1, 0.15) is 11.1 Å². The summed E-state index contributed by atoms with van der Waals surface area (Å²) >= 11 is 0. The van der Waals surface area contributed by atoms with Gasteiger partial charge in [-0.1, -0.05) is 48.5 Å². The fraction of sp³-hybridized carbons (Fsp3) is 0.381. The lowest BCUT2D eigenvalue weighted by Gasteiger charge is -2.31. The Morgan fingerprint density at radius 1 is 1.12 bits per heavy atom. The van der Waals surface area contributed by atoms with Gasteiger partial charge in [0.2, 0.25) is 5.91 Å². The number of nitrogens with two attached hydrogens (primary N) is 1. The van der Waals surface area contributed by atoms with Gasteiger partial charge in [0.05, 0.1) is 19.3 Å². The zero-order chi connectivity index (χ0) is 18.4. The van der Waals surface area contributed by atoms with Crippen LogP contribution >= 0.6 is 0 Å². The first kappa shape index (κ1) is 18.4. The molecule has 1 aliphatic rings. The average Bonchev–Trinajstić information content (AvgIpc) is 2.69. The van der Waals surface area contributed by atoms with E-state index in [1.54, 1.807) is 4.90 Å². The number of anilines is 1. The number of rotatable bonds is 6. The Kier molecular flexibility index (Phi) is 6.26. The van der Waals surface area contributed by atoms with Crippen molar-refractivity contribution in [2.45, 2.75) is 19.0 Å². The van der Waals surface area contributed by atoms with Gasteiger partial charge in [-0.3, -0.25) is 4.79 Å². The van der Waals surface area contributed by atoms with Gasteiger partial charge < -0.3 is 20.3 Å². The molecule has 138 valence electrons. The zero-order valence-electron chi connectivity index (χ0n) is 15.3. The molecule has 0 saturated carbocycles. The molecule has 0 aliphatic carbocycles. The number of hydrogen-bond donors (Lipinski definition) is 1. The molecule has 1 atom stereocenters. The Balaban J connectivity index is 1.65. The van der Waals surface area contributed by atoms with Gasteiger partial charge in [-0.15, -0.1) is 0 Å². The molecule has 5 heteroatoms. The lowest BCUT2D eigenvalue weighted by Crippen LogP contribution is -2.43. The van der Waals surface area contributed by atoms with Crippen LogP contribution in [0.5, 0.6) is 0 Å². The highest BCUT2D eigenvalue weighted by Crippen LogP contribution is 2.23. The summed E-state index contributed by atoms with van der Waals surface area (Å²) in [5.41, 5.74) is 9.56. The Bertz CT molecular complexity index is 714. The standard InChI is InChI=1S/C21H27N3O2/c1-23(21(25)19(22)15-17-7-3-2-4-8-17)16-18-9-5-6-10-20(18)24-11-13-26-14-12-24/h2-10,19H,11-16,22H2,1H3. The van der Waals surface area contributed by atoms with Crippen LogP contribution in [0.3, 0.4) is 0 Å². The Morgan fingerprint density at radius 2 is 1.77 bits per heavy atom. The molecular weight excluding hydrogens is 326 g/mol. The fourth-order valence-electron chi connectivity index (χ4n) is 3.33. The quantitative estimate of drug-likeness (QED) is 0.864. The van der Waals surface area contributed by atoms with E-state index in [0.29, 0.717) is 13.0 Å². The van der Waals surface area contributed by atoms with Crippen molar-refractivity contribution in [1.29, 1.82) is 0 Å². The number of likely N-dealkylation sites (N-methyl/N-ethyl adjacent to an activating group) is 1. The smallest absolute Gasteiger partial charge is 0.239 e. The van der Waals surface area contributed by atoms with Crippen LogP contribution in [0.15, 0.2) is 54.6 Å². The van der Waals surface area contributed by atoms with Gasteiger partial charge in [0.1, 0.15) is 0 Å². The predicted octanol–water partition coefficient (Wildman–Crippen LogP) is 2.05. The summed E-state index contributed by atoms with van der Waals surface area (Å²) in [7, 11) is 1.82. The summed E-state index contributed by atoms with van der Waals surface area (Å²) in [6.07, 6.45) is 0.551. The highest BCUT2D eigenvalue weighted by molar-refractivity contribution is 5.82. The van der Waals surface area contributed by atoms with Gasteiger partial charge >= 0.3 is 0 Å². The average molecular weight is 353 g/mol. The Morgan fingerprint density at radius 3 is 2.50 bits per heavy atom. The molecule has 1 saturated heterocycles. The molecule has 1 amide bonds. The molecule has 1 unspecified atom stereocenters. The number of benzene rings is 2. The van der Waals surface area contributed by atoms with Crippen molar-refractivity contribution in [3.8, 4) is 0 Å². The zero-order valence-corrected chi connectivity index (χ0v) is 15.3. The van der Waals surface area contributed by atoms with E-state index in [9.17, 15) is 4.79 Å². The number of carbonyl (C=O) groups excluding carboxylic acids is 1. The third kappa shape index (κ3) is 4.62. The summed E-state index contributed by atoms with van der Waals surface area (Å²) in [5, 5.41) is 0. The van der Waals surface area contributed by atoms with Crippen LogP contribution in [0.25, 0.3) is 0 Å². The first-order valence-corrected chi connectivity index (χ1v) is 9.10. The third-order valence-electron chi connectivity index (χ3n) is 4.74. The minimum Gasteiger partial charge on any atom is -0.378 e. The second kappa shape index (κ2) is 8.83. The number of amides is 1.